The van der Waals surface area contributed by atoms with Crippen LogP contribution in [-0.2, 0) is 0 Å². The molecule has 98 valence electrons. The predicted molar refractivity (Wildman–Crippen MR) is 78.3 cm³/mol. The molecule has 0 bridgehead atoms. The molecule has 2 aromatic rings. The third-order valence-corrected chi connectivity index (χ3v) is 3.42. The number of rotatable bonds is 5. The molecule has 0 unspecified atom stereocenters. The molecule has 0 aliphatic rings. The van der Waals surface area contributed by atoms with Crippen LogP contribution in [-0.4, -0.2) is 28.6 Å². The summed E-state index contributed by atoms with van der Waals surface area (Å²) in [6, 6.07) is 3.99. The van der Waals surface area contributed by atoms with Gasteiger partial charge in [0, 0.05) is 18.3 Å². The molecule has 2 aromatic heterocycles. The molecular weight excluding hydrogens is 244 g/mol. The Morgan fingerprint density at radius 2 is 2.11 bits per heavy atom. The second-order valence-corrected chi connectivity index (χ2v) is 6.33. The molecule has 0 aliphatic carbocycles. The van der Waals surface area contributed by atoms with Crippen LogP contribution in [0.25, 0.3) is 10.3 Å². The van der Waals surface area contributed by atoms with Crippen molar-refractivity contribution >= 4 is 26.8 Å². The average Bonchev–Trinajstić information content (AvgIpc) is 2.69. The largest absolute Gasteiger partial charge is 0.361 e. The molecule has 4 nitrogen and oxygen atoms in total. The summed E-state index contributed by atoms with van der Waals surface area (Å²) < 4.78 is 1.13. The van der Waals surface area contributed by atoms with E-state index in [1.54, 1.807) is 17.5 Å². The highest BCUT2D eigenvalue weighted by Gasteiger charge is 2.07. The first-order valence-corrected chi connectivity index (χ1v) is 7.07. The zero-order valence-corrected chi connectivity index (χ0v) is 12.0. The summed E-state index contributed by atoms with van der Waals surface area (Å²) >= 11 is 1.66. The van der Waals surface area contributed by atoms with Crippen LogP contribution in [0.1, 0.15) is 27.2 Å². The van der Waals surface area contributed by atoms with Gasteiger partial charge in [0.25, 0.3) is 0 Å². The van der Waals surface area contributed by atoms with Gasteiger partial charge >= 0.3 is 0 Å². The average molecular weight is 264 g/mol. The second kappa shape index (κ2) is 5.63. The molecule has 0 saturated carbocycles. The molecule has 2 rings (SSSR count). The maximum absolute atomic E-state index is 4.44. The van der Waals surface area contributed by atoms with Crippen LogP contribution in [0.3, 0.4) is 0 Å². The number of fused-ring (bicyclic) bond motifs is 1. The number of pyridine rings is 1. The van der Waals surface area contributed by atoms with Crippen molar-refractivity contribution in [1.82, 2.24) is 15.3 Å². The van der Waals surface area contributed by atoms with Gasteiger partial charge in [-0.15, -0.1) is 0 Å². The Balaban J connectivity index is 1.77. The van der Waals surface area contributed by atoms with Gasteiger partial charge in [0.05, 0.1) is 4.70 Å². The minimum Gasteiger partial charge on any atom is -0.361 e. The summed E-state index contributed by atoms with van der Waals surface area (Å²) in [5.41, 5.74) is 1.03. The maximum atomic E-state index is 4.44. The molecule has 2 N–H and O–H groups in total. The van der Waals surface area contributed by atoms with Gasteiger partial charge in [-0.3, -0.25) is 0 Å². The molecule has 0 amide bonds. The van der Waals surface area contributed by atoms with Crippen LogP contribution in [0.5, 0.6) is 0 Å². The normalized spacial score (nSPS) is 11.9. The Morgan fingerprint density at radius 3 is 2.83 bits per heavy atom. The minimum absolute atomic E-state index is 0.194. The lowest BCUT2D eigenvalue weighted by atomic mass is 10.1. The summed E-state index contributed by atoms with van der Waals surface area (Å²) in [6.45, 7) is 8.49. The fourth-order valence-electron chi connectivity index (χ4n) is 1.59. The van der Waals surface area contributed by atoms with E-state index in [4.69, 9.17) is 0 Å². The molecule has 2 heterocycles. The van der Waals surface area contributed by atoms with E-state index in [1.165, 1.54) is 0 Å². The molecule has 0 radical (unpaired) electrons. The van der Waals surface area contributed by atoms with Gasteiger partial charge in [0.1, 0.15) is 0 Å². The lowest BCUT2D eigenvalue weighted by Crippen LogP contribution is -2.36. The topological polar surface area (TPSA) is 49.8 Å². The molecule has 5 heteroatoms. The molecule has 18 heavy (non-hydrogen) atoms. The van der Waals surface area contributed by atoms with E-state index < -0.39 is 0 Å². The molecule has 0 saturated heterocycles. The molecule has 0 fully saturated rings. The van der Waals surface area contributed by atoms with E-state index in [9.17, 15) is 0 Å². The van der Waals surface area contributed by atoms with Gasteiger partial charge in [-0.25, -0.2) is 9.97 Å². The highest BCUT2D eigenvalue weighted by molar-refractivity contribution is 7.22. The van der Waals surface area contributed by atoms with Crippen LogP contribution in [0, 0.1) is 0 Å². The fourth-order valence-corrected chi connectivity index (χ4v) is 2.44. The van der Waals surface area contributed by atoms with Gasteiger partial charge in [-0.05, 0) is 45.9 Å². The lowest BCUT2D eigenvalue weighted by molar-refractivity contribution is 0.425. The zero-order valence-electron chi connectivity index (χ0n) is 11.2. The van der Waals surface area contributed by atoms with Crippen molar-refractivity contribution in [2.75, 3.05) is 18.4 Å². The third-order valence-electron chi connectivity index (χ3n) is 2.45. The quantitative estimate of drug-likeness (QED) is 0.815. The van der Waals surface area contributed by atoms with Crippen molar-refractivity contribution < 1.29 is 0 Å². The van der Waals surface area contributed by atoms with Gasteiger partial charge in [0.15, 0.2) is 10.8 Å². The van der Waals surface area contributed by atoms with Crippen LogP contribution < -0.4 is 10.6 Å². The van der Waals surface area contributed by atoms with Crippen molar-refractivity contribution in [2.45, 2.75) is 32.7 Å². The van der Waals surface area contributed by atoms with E-state index in [1.807, 2.05) is 12.1 Å². The van der Waals surface area contributed by atoms with Crippen molar-refractivity contribution in [3.05, 3.63) is 18.3 Å². The third kappa shape index (κ3) is 3.92. The molecular formula is C13H20N4S. The van der Waals surface area contributed by atoms with Crippen molar-refractivity contribution in [3.8, 4) is 0 Å². The maximum Gasteiger partial charge on any atom is 0.185 e. The first kappa shape index (κ1) is 13.2. The van der Waals surface area contributed by atoms with Crippen LogP contribution in [0.2, 0.25) is 0 Å². The van der Waals surface area contributed by atoms with Crippen molar-refractivity contribution in [1.29, 1.82) is 0 Å². The summed E-state index contributed by atoms with van der Waals surface area (Å²) in [7, 11) is 0. The van der Waals surface area contributed by atoms with Crippen molar-refractivity contribution in [2.24, 2.45) is 0 Å². The first-order chi connectivity index (χ1) is 8.54. The van der Waals surface area contributed by atoms with E-state index in [2.05, 4.69) is 41.4 Å². The number of nitrogens with zero attached hydrogens (tertiary/aromatic N) is 2. The van der Waals surface area contributed by atoms with Gasteiger partial charge < -0.3 is 10.6 Å². The van der Waals surface area contributed by atoms with Gasteiger partial charge in [0.2, 0.25) is 0 Å². The second-order valence-electron chi connectivity index (χ2n) is 5.30. The Bertz CT molecular complexity index is 468. The van der Waals surface area contributed by atoms with Gasteiger partial charge in [-0.2, -0.15) is 0 Å². The molecule has 0 atom stereocenters. The zero-order chi connectivity index (χ0) is 13.0. The van der Waals surface area contributed by atoms with E-state index in [0.29, 0.717) is 0 Å². The molecule has 0 aromatic carbocycles. The number of anilines is 1. The number of nitrogens with one attached hydrogen (secondary N) is 2. The monoisotopic (exact) mass is 264 g/mol. The summed E-state index contributed by atoms with van der Waals surface area (Å²) in [5.74, 6) is 0. The summed E-state index contributed by atoms with van der Waals surface area (Å²) in [4.78, 5) is 8.66. The minimum atomic E-state index is 0.194. The number of hydrogen-bond acceptors (Lipinski definition) is 5. The van der Waals surface area contributed by atoms with Crippen molar-refractivity contribution in [3.63, 3.8) is 0 Å². The Hall–Kier alpha value is -1.20. The first-order valence-electron chi connectivity index (χ1n) is 6.25. The van der Waals surface area contributed by atoms with Crippen LogP contribution >= 0.6 is 11.3 Å². The van der Waals surface area contributed by atoms with E-state index in [-0.39, 0.29) is 5.54 Å². The molecule has 0 spiro atoms. The number of aromatic nitrogens is 2. The highest BCUT2D eigenvalue weighted by atomic mass is 32.1. The smallest absolute Gasteiger partial charge is 0.185 e. The fraction of sp³-hybridized carbons (Fsp3) is 0.538. The Morgan fingerprint density at radius 1 is 1.28 bits per heavy atom. The van der Waals surface area contributed by atoms with Crippen LogP contribution in [0.15, 0.2) is 18.3 Å². The van der Waals surface area contributed by atoms with Crippen LogP contribution in [0.4, 0.5) is 5.13 Å². The highest BCUT2D eigenvalue weighted by Crippen LogP contribution is 2.23. The van der Waals surface area contributed by atoms with E-state index in [0.717, 1.165) is 35.0 Å². The lowest BCUT2D eigenvalue weighted by Gasteiger charge is -2.20. The Labute approximate surface area is 112 Å². The Kier molecular flexibility index (Phi) is 4.14. The van der Waals surface area contributed by atoms with E-state index >= 15 is 0 Å². The summed E-state index contributed by atoms with van der Waals surface area (Å²) in [6.07, 6.45) is 2.86. The standard InChI is InChI=1S/C13H20N4S/c1-13(2,3)16-9-5-8-15-12-17-11-10(18-12)6-4-7-14-11/h4,6-7,16H,5,8-9H2,1-3H3,(H,14,15,17). The van der Waals surface area contributed by atoms with Gasteiger partial charge in [-0.1, -0.05) is 11.3 Å². The molecule has 0 aliphatic heterocycles. The number of hydrogen-bond donors (Lipinski definition) is 2. The SMILES string of the molecule is CC(C)(C)NCCCNc1nc2ncccc2s1. The number of thiazole rings is 1. The summed E-state index contributed by atoms with van der Waals surface area (Å²) in [5, 5.41) is 7.77. The predicted octanol–water partition coefficient (Wildman–Crippen LogP) is 2.88.